The molecule has 7 nitrogen and oxygen atoms in total. The Bertz CT molecular complexity index is 995. The highest BCUT2D eigenvalue weighted by atomic mass is 16.8. The van der Waals surface area contributed by atoms with Gasteiger partial charge in [-0.05, 0) is 73.0 Å². The monoisotopic (exact) mass is 409 g/mol. The number of carbonyl (C=O) groups is 2. The van der Waals surface area contributed by atoms with Crippen molar-refractivity contribution in [2.24, 2.45) is 0 Å². The largest absolute Gasteiger partial charge is 0.511 e. The molecule has 1 unspecified atom stereocenters. The van der Waals surface area contributed by atoms with E-state index in [1.165, 1.54) is 6.26 Å². The molecule has 1 aliphatic heterocycles. The third-order valence-electron chi connectivity index (χ3n) is 4.30. The summed E-state index contributed by atoms with van der Waals surface area (Å²) in [6, 6.07) is 12.3. The molecular formula is C23H23NO6. The maximum absolute atomic E-state index is 11.9. The second-order valence-electron chi connectivity index (χ2n) is 6.68. The highest BCUT2D eigenvalue weighted by molar-refractivity contribution is 5.94. The van der Waals surface area contributed by atoms with E-state index in [1.807, 2.05) is 19.9 Å². The highest BCUT2D eigenvalue weighted by Gasteiger charge is 2.16. The van der Waals surface area contributed by atoms with Gasteiger partial charge in [-0.25, -0.2) is 4.79 Å². The smallest absolute Gasteiger partial charge is 0.459 e. The van der Waals surface area contributed by atoms with E-state index in [0.717, 1.165) is 16.7 Å². The second-order valence-corrected chi connectivity index (χ2v) is 6.68. The van der Waals surface area contributed by atoms with Crippen molar-refractivity contribution in [3.8, 4) is 11.5 Å². The number of nitrogens with one attached hydrogen (secondary N) is 1. The van der Waals surface area contributed by atoms with Gasteiger partial charge in [-0.15, -0.1) is 0 Å². The lowest BCUT2D eigenvalue weighted by atomic mass is 10.1. The predicted octanol–water partition coefficient (Wildman–Crippen LogP) is 4.62. The number of aryl methyl sites for hydroxylation is 1. The third kappa shape index (κ3) is 5.64. The maximum atomic E-state index is 11.9. The molecule has 0 saturated carbocycles. The van der Waals surface area contributed by atoms with E-state index in [-0.39, 0.29) is 12.5 Å². The Hall–Kier alpha value is -3.74. The van der Waals surface area contributed by atoms with Crippen LogP contribution < -0.4 is 10.1 Å². The number of rotatable bonds is 6. The average molecular weight is 409 g/mol. The van der Waals surface area contributed by atoms with Crippen molar-refractivity contribution in [3.63, 3.8) is 0 Å². The lowest BCUT2D eigenvalue weighted by Crippen LogP contribution is -2.20. The van der Waals surface area contributed by atoms with Gasteiger partial charge in [0.05, 0.1) is 6.26 Å². The molecule has 0 aromatic heterocycles. The number of amides is 1. The minimum atomic E-state index is -0.816. The van der Waals surface area contributed by atoms with Crippen LogP contribution in [-0.4, -0.2) is 25.4 Å². The molecule has 1 amide bonds. The van der Waals surface area contributed by atoms with E-state index in [2.05, 4.69) is 5.32 Å². The van der Waals surface area contributed by atoms with Gasteiger partial charge in [0.15, 0.2) is 0 Å². The number of hydrogen-bond acceptors (Lipinski definition) is 6. The van der Waals surface area contributed by atoms with Crippen LogP contribution in [-0.2, 0) is 20.8 Å². The van der Waals surface area contributed by atoms with Gasteiger partial charge in [0.25, 0.3) is 12.2 Å². The molecule has 0 saturated heterocycles. The van der Waals surface area contributed by atoms with E-state index in [9.17, 15) is 9.59 Å². The van der Waals surface area contributed by atoms with Crippen LogP contribution in [0.15, 0.2) is 66.5 Å². The zero-order chi connectivity index (χ0) is 21.5. The Labute approximate surface area is 174 Å². The van der Waals surface area contributed by atoms with Crippen molar-refractivity contribution < 1.29 is 28.5 Å². The minimum Gasteiger partial charge on any atom is -0.459 e. The highest BCUT2D eigenvalue weighted by Crippen LogP contribution is 2.27. The first-order chi connectivity index (χ1) is 14.4. The van der Waals surface area contributed by atoms with E-state index in [0.29, 0.717) is 17.1 Å². The molecule has 30 heavy (non-hydrogen) atoms. The van der Waals surface area contributed by atoms with Crippen LogP contribution in [0.25, 0.3) is 0 Å². The normalized spacial score (nSPS) is 14.9. The first kappa shape index (κ1) is 21.0. The third-order valence-corrected chi connectivity index (χ3v) is 4.30. The number of carbonyl (C=O) groups excluding carboxylic acids is 2. The second kappa shape index (κ2) is 9.65. The van der Waals surface area contributed by atoms with E-state index < -0.39 is 12.4 Å². The van der Waals surface area contributed by atoms with Crippen molar-refractivity contribution in [1.29, 1.82) is 0 Å². The van der Waals surface area contributed by atoms with Crippen molar-refractivity contribution in [2.45, 2.75) is 26.7 Å². The summed E-state index contributed by atoms with van der Waals surface area (Å²) in [5.74, 6) is 1.01. The van der Waals surface area contributed by atoms with Gasteiger partial charge in [0.2, 0.25) is 0 Å². The average Bonchev–Trinajstić information content (AvgIpc) is 2.73. The van der Waals surface area contributed by atoms with Crippen molar-refractivity contribution in [1.82, 2.24) is 5.32 Å². The first-order valence-corrected chi connectivity index (χ1v) is 9.38. The zero-order valence-electron chi connectivity index (χ0n) is 17.0. The van der Waals surface area contributed by atoms with E-state index >= 15 is 0 Å². The van der Waals surface area contributed by atoms with Gasteiger partial charge in [-0.3, -0.25) is 4.79 Å². The van der Waals surface area contributed by atoms with Crippen LogP contribution in [0.3, 0.4) is 0 Å². The Morgan fingerprint density at radius 3 is 2.70 bits per heavy atom. The topological polar surface area (TPSA) is 83.1 Å². The van der Waals surface area contributed by atoms with Crippen LogP contribution in [0.4, 0.5) is 4.79 Å². The quantitative estimate of drug-likeness (QED) is 0.701. The van der Waals surface area contributed by atoms with Gasteiger partial charge < -0.3 is 24.3 Å². The fourth-order valence-corrected chi connectivity index (χ4v) is 2.75. The van der Waals surface area contributed by atoms with Crippen LogP contribution in [0.2, 0.25) is 0 Å². The molecule has 2 aromatic carbocycles. The van der Waals surface area contributed by atoms with Crippen molar-refractivity contribution in [3.05, 3.63) is 83.1 Å². The summed E-state index contributed by atoms with van der Waals surface area (Å²) in [6.45, 7) is 3.81. The van der Waals surface area contributed by atoms with Gasteiger partial charge in [-0.1, -0.05) is 12.1 Å². The molecule has 1 heterocycles. The summed E-state index contributed by atoms with van der Waals surface area (Å²) in [7, 11) is 1.58. The minimum absolute atomic E-state index is 0.0529. The van der Waals surface area contributed by atoms with Crippen molar-refractivity contribution in [2.75, 3.05) is 7.05 Å². The van der Waals surface area contributed by atoms with Gasteiger partial charge in [0, 0.05) is 12.6 Å². The summed E-state index contributed by atoms with van der Waals surface area (Å²) >= 11 is 0. The molecule has 156 valence electrons. The summed E-state index contributed by atoms with van der Waals surface area (Å²) in [5.41, 5.74) is 3.09. The molecule has 1 atom stereocenters. The molecule has 0 spiro atoms. The molecule has 0 aliphatic carbocycles. The Morgan fingerprint density at radius 2 is 1.97 bits per heavy atom. The maximum Gasteiger partial charge on any atom is 0.511 e. The van der Waals surface area contributed by atoms with Gasteiger partial charge in [0.1, 0.15) is 18.1 Å². The van der Waals surface area contributed by atoms with Crippen molar-refractivity contribution >= 4 is 12.1 Å². The molecule has 0 radical (unpaired) electrons. The molecule has 1 aliphatic rings. The molecule has 2 aromatic rings. The predicted molar refractivity (Wildman–Crippen MR) is 110 cm³/mol. The van der Waals surface area contributed by atoms with Crippen LogP contribution in [0.5, 0.6) is 11.5 Å². The van der Waals surface area contributed by atoms with Gasteiger partial charge >= 0.3 is 6.16 Å². The summed E-state index contributed by atoms with van der Waals surface area (Å²) in [5, 5.41) is 2.58. The standard InChI is InChI=1S/C23H23NO6/c1-15-9-10-27-21(11-15)30-23(26)28-14-17-7-8-20(16(2)12-17)29-19-6-4-5-18(13-19)22(25)24-3/h4-13,21H,14H2,1-3H3,(H,24,25). The zero-order valence-corrected chi connectivity index (χ0v) is 17.0. The van der Waals surface area contributed by atoms with E-state index in [1.54, 1.807) is 55.6 Å². The molecule has 1 N–H and O–H groups in total. The summed E-state index contributed by atoms with van der Waals surface area (Å²) < 4.78 is 21.3. The van der Waals surface area contributed by atoms with Gasteiger partial charge in [-0.2, -0.15) is 0 Å². The van der Waals surface area contributed by atoms with E-state index in [4.69, 9.17) is 18.9 Å². The molecule has 0 bridgehead atoms. The Morgan fingerprint density at radius 1 is 1.13 bits per heavy atom. The fourth-order valence-electron chi connectivity index (χ4n) is 2.75. The SMILES string of the molecule is CNC(=O)c1cccc(Oc2ccc(COC(=O)OC3C=C(C)C=CO3)cc2C)c1. The van der Waals surface area contributed by atoms with Crippen LogP contribution in [0.1, 0.15) is 28.4 Å². The number of allylic oxidation sites excluding steroid dienone is 2. The number of ether oxygens (including phenoxy) is 4. The summed E-state index contributed by atoms with van der Waals surface area (Å²) in [4.78, 5) is 23.6. The summed E-state index contributed by atoms with van der Waals surface area (Å²) in [6.07, 6.45) is 3.32. The Kier molecular flexibility index (Phi) is 6.75. The molecular weight excluding hydrogens is 386 g/mol. The number of hydrogen-bond donors (Lipinski definition) is 1. The molecule has 7 heteroatoms. The first-order valence-electron chi connectivity index (χ1n) is 9.38. The lowest BCUT2D eigenvalue weighted by molar-refractivity contribution is -0.0623. The number of benzene rings is 2. The van der Waals surface area contributed by atoms with Crippen LogP contribution in [0, 0.1) is 6.92 Å². The molecule has 0 fully saturated rings. The lowest BCUT2D eigenvalue weighted by Gasteiger charge is -2.17. The molecule has 3 rings (SSSR count). The van der Waals surface area contributed by atoms with Crippen LogP contribution >= 0.6 is 0 Å². The Balaban J connectivity index is 1.57. The fraction of sp³-hybridized carbons (Fsp3) is 0.217.